The quantitative estimate of drug-likeness (QED) is 0.586. The van der Waals surface area contributed by atoms with Crippen LogP contribution < -0.4 is 11.1 Å². The van der Waals surface area contributed by atoms with Crippen molar-refractivity contribution in [3.8, 4) is 0 Å². The highest BCUT2D eigenvalue weighted by Crippen LogP contribution is 2.23. The monoisotopic (exact) mass is 300 g/mol. The summed E-state index contributed by atoms with van der Waals surface area (Å²) in [6, 6.07) is 6.04. The number of nitrogens with one attached hydrogen (secondary N) is 1. The SMILES string of the molecule is CC(C)(C)OC(=O)C(N)(NC(=O)O)c1cccc(Cl)c1. The van der Waals surface area contributed by atoms with E-state index in [1.54, 1.807) is 32.9 Å². The van der Waals surface area contributed by atoms with E-state index in [1.807, 2.05) is 5.32 Å². The molecular weight excluding hydrogens is 284 g/mol. The van der Waals surface area contributed by atoms with Crippen molar-refractivity contribution >= 4 is 23.7 Å². The summed E-state index contributed by atoms with van der Waals surface area (Å²) in [6.07, 6.45) is -1.45. The molecule has 0 heterocycles. The molecule has 0 saturated carbocycles. The second kappa shape index (κ2) is 5.68. The zero-order chi connectivity index (χ0) is 15.6. The molecule has 1 aromatic rings. The number of amides is 1. The topological polar surface area (TPSA) is 102 Å². The number of carbonyl (C=O) groups excluding carboxylic acids is 1. The Kier molecular flexibility index (Phi) is 4.62. The highest BCUT2D eigenvalue weighted by Gasteiger charge is 2.41. The van der Waals surface area contributed by atoms with E-state index in [1.165, 1.54) is 12.1 Å². The maximum absolute atomic E-state index is 12.2. The van der Waals surface area contributed by atoms with Crippen LogP contribution in [0.15, 0.2) is 24.3 Å². The summed E-state index contributed by atoms with van der Waals surface area (Å²) in [5.41, 5.74) is 3.28. The summed E-state index contributed by atoms with van der Waals surface area (Å²) in [5, 5.41) is 11.2. The Bertz CT molecular complexity index is 527. The van der Waals surface area contributed by atoms with Crippen LogP contribution in [0.1, 0.15) is 26.3 Å². The summed E-state index contributed by atoms with van der Waals surface area (Å²) in [6.45, 7) is 4.97. The van der Waals surface area contributed by atoms with Gasteiger partial charge in [0.25, 0.3) is 0 Å². The largest absolute Gasteiger partial charge is 0.465 e. The Labute approximate surface area is 121 Å². The van der Waals surface area contributed by atoms with Crippen LogP contribution in [-0.4, -0.2) is 22.8 Å². The molecule has 1 unspecified atom stereocenters. The number of hydrogen-bond donors (Lipinski definition) is 3. The van der Waals surface area contributed by atoms with Crippen LogP contribution in [0.4, 0.5) is 4.79 Å². The average molecular weight is 301 g/mol. The Morgan fingerprint density at radius 2 is 1.95 bits per heavy atom. The lowest BCUT2D eigenvalue weighted by atomic mass is 10.00. The lowest BCUT2D eigenvalue weighted by Gasteiger charge is -2.31. The summed E-state index contributed by atoms with van der Waals surface area (Å²) in [7, 11) is 0. The van der Waals surface area contributed by atoms with Gasteiger partial charge >= 0.3 is 12.1 Å². The molecule has 0 aromatic heterocycles. The van der Waals surface area contributed by atoms with E-state index < -0.39 is 23.3 Å². The summed E-state index contributed by atoms with van der Waals surface area (Å²) in [4.78, 5) is 23.1. The van der Waals surface area contributed by atoms with Crippen molar-refractivity contribution in [2.45, 2.75) is 32.0 Å². The molecule has 0 aliphatic rings. The van der Waals surface area contributed by atoms with Crippen LogP contribution in [0.25, 0.3) is 0 Å². The van der Waals surface area contributed by atoms with Crippen molar-refractivity contribution in [1.82, 2.24) is 5.32 Å². The number of carbonyl (C=O) groups is 2. The van der Waals surface area contributed by atoms with Crippen LogP contribution in [0.2, 0.25) is 5.02 Å². The standard InChI is InChI=1S/C13H17ClN2O4/c1-12(2,3)20-10(17)13(15,16-11(18)19)8-5-4-6-9(14)7-8/h4-7,16H,15H2,1-3H3,(H,18,19). The van der Waals surface area contributed by atoms with Crippen molar-refractivity contribution in [3.05, 3.63) is 34.9 Å². The first-order chi connectivity index (χ1) is 9.04. The van der Waals surface area contributed by atoms with Crippen molar-refractivity contribution in [2.24, 2.45) is 5.73 Å². The van der Waals surface area contributed by atoms with Gasteiger partial charge in [0.2, 0.25) is 5.66 Å². The fraction of sp³-hybridized carbons (Fsp3) is 0.385. The molecule has 0 fully saturated rings. The second-order valence-electron chi connectivity index (χ2n) is 5.25. The van der Waals surface area contributed by atoms with E-state index in [9.17, 15) is 9.59 Å². The molecule has 7 heteroatoms. The van der Waals surface area contributed by atoms with Gasteiger partial charge in [0, 0.05) is 10.6 Å². The first-order valence-corrected chi connectivity index (χ1v) is 6.22. The van der Waals surface area contributed by atoms with E-state index in [0.29, 0.717) is 5.02 Å². The molecule has 1 rings (SSSR count). The molecule has 1 atom stereocenters. The molecule has 1 aromatic carbocycles. The number of carboxylic acid groups (broad SMARTS) is 1. The van der Waals surface area contributed by atoms with Crippen molar-refractivity contribution in [3.63, 3.8) is 0 Å². The minimum absolute atomic E-state index is 0.196. The molecule has 1 amide bonds. The maximum atomic E-state index is 12.2. The van der Waals surface area contributed by atoms with E-state index in [0.717, 1.165) is 0 Å². The van der Waals surface area contributed by atoms with Gasteiger partial charge in [0.05, 0.1) is 0 Å². The van der Waals surface area contributed by atoms with Gasteiger partial charge in [0.1, 0.15) is 5.60 Å². The maximum Gasteiger partial charge on any atom is 0.406 e. The Morgan fingerprint density at radius 1 is 1.35 bits per heavy atom. The first-order valence-electron chi connectivity index (χ1n) is 5.84. The van der Waals surface area contributed by atoms with Gasteiger partial charge in [-0.3, -0.25) is 11.1 Å². The number of ether oxygens (including phenoxy) is 1. The first kappa shape index (κ1) is 16.3. The fourth-order valence-electron chi connectivity index (χ4n) is 1.50. The van der Waals surface area contributed by atoms with E-state index in [2.05, 4.69) is 0 Å². The molecule has 0 spiro atoms. The highest BCUT2D eigenvalue weighted by atomic mass is 35.5. The van der Waals surface area contributed by atoms with Gasteiger partial charge in [-0.05, 0) is 32.9 Å². The van der Waals surface area contributed by atoms with Crippen LogP contribution in [0.3, 0.4) is 0 Å². The average Bonchev–Trinajstić information content (AvgIpc) is 2.25. The zero-order valence-electron chi connectivity index (χ0n) is 11.4. The van der Waals surface area contributed by atoms with Gasteiger partial charge < -0.3 is 9.84 Å². The zero-order valence-corrected chi connectivity index (χ0v) is 12.2. The van der Waals surface area contributed by atoms with Crippen molar-refractivity contribution in [1.29, 1.82) is 0 Å². The molecule has 0 aliphatic carbocycles. The van der Waals surface area contributed by atoms with Crippen LogP contribution in [0.5, 0.6) is 0 Å². The summed E-state index contributed by atoms with van der Waals surface area (Å²) in [5.74, 6) is -0.908. The third kappa shape index (κ3) is 4.11. The fourth-order valence-corrected chi connectivity index (χ4v) is 1.69. The molecular formula is C13H17ClN2O4. The predicted octanol–water partition coefficient (Wildman–Crippen LogP) is 2.06. The predicted molar refractivity (Wildman–Crippen MR) is 74.3 cm³/mol. The molecule has 0 saturated heterocycles. The second-order valence-corrected chi connectivity index (χ2v) is 5.69. The number of esters is 1. The smallest absolute Gasteiger partial charge is 0.406 e. The third-order valence-electron chi connectivity index (χ3n) is 2.30. The number of halogens is 1. The van der Waals surface area contributed by atoms with E-state index >= 15 is 0 Å². The molecule has 0 radical (unpaired) electrons. The lowest BCUT2D eigenvalue weighted by Crippen LogP contribution is -2.60. The van der Waals surface area contributed by atoms with E-state index in [-0.39, 0.29) is 5.56 Å². The molecule has 20 heavy (non-hydrogen) atoms. The van der Waals surface area contributed by atoms with Crippen molar-refractivity contribution < 1.29 is 19.4 Å². The number of hydrogen-bond acceptors (Lipinski definition) is 4. The van der Waals surface area contributed by atoms with Gasteiger partial charge in [-0.25, -0.2) is 9.59 Å². The Balaban J connectivity index is 3.22. The van der Waals surface area contributed by atoms with Crippen LogP contribution in [-0.2, 0) is 15.2 Å². The van der Waals surface area contributed by atoms with Crippen molar-refractivity contribution in [2.75, 3.05) is 0 Å². The molecule has 0 aliphatic heterocycles. The lowest BCUT2D eigenvalue weighted by molar-refractivity contribution is -0.163. The molecule has 6 nitrogen and oxygen atoms in total. The van der Waals surface area contributed by atoms with Crippen LogP contribution in [0, 0.1) is 0 Å². The van der Waals surface area contributed by atoms with Gasteiger partial charge in [-0.15, -0.1) is 0 Å². The number of benzene rings is 1. The summed E-state index contributed by atoms with van der Waals surface area (Å²) >= 11 is 5.84. The van der Waals surface area contributed by atoms with Gasteiger partial charge in [-0.1, -0.05) is 23.7 Å². The molecule has 4 N–H and O–H groups in total. The van der Waals surface area contributed by atoms with Gasteiger partial charge in [-0.2, -0.15) is 0 Å². The van der Waals surface area contributed by atoms with Crippen LogP contribution >= 0.6 is 11.6 Å². The Morgan fingerprint density at radius 3 is 2.40 bits per heavy atom. The molecule has 110 valence electrons. The minimum Gasteiger partial charge on any atom is -0.465 e. The highest BCUT2D eigenvalue weighted by molar-refractivity contribution is 6.30. The minimum atomic E-state index is -2.02. The normalized spacial score (nSPS) is 14.2. The van der Waals surface area contributed by atoms with Gasteiger partial charge in [0.15, 0.2) is 0 Å². The van der Waals surface area contributed by atoms with E-state index in [4.69, 9.17) is 27.2 Å². The Hall–Kier alpha value is -1.79. The third-order valence-corrected chi connectivity index (χ3v) is 2.54. The number of nitrogens with two attached hydrogens (primary N) is 1. The number of rotatable bonds is 3. The summed E-state index contributed by atoms with van der Waals surface area (Å²) < 4.78 is 5.17. The molecule has 0 bridgehead atoms.